The number of piperidine rings is 1. The van der Waals surface area contributed by atoms with Crippen LogP contribution in [0.5, 0.6) is 0 Å². The Morgan fingerprint density at radius 3 is 2.89 bits per heavy atom. The summed E-state index contributed by atoms with van der Waals surface area (Å²) in [6, 6.07) is 7.80. The molecular formula is C17H26N2. The lowest BCUT2D eigenvalue weighted by Crippen LogP contribution is -2.33. The minimum atomic E-state index is 0.817. The van der Waals surface area contributed by atoms with Crippen LogP contribution < -0.4 is 10.2 Å². The van der Waals surface area contributed by atoms with Gasteiger partial charge in [0, 0.05) is 24.8 Å². The van der Waals surface area contributed by atoms with Gasteiger partial charge in [-0.1, -0.05) is 24.6 Å². The quantitative estimate of drug-likeness (QED) is 0.813. The third kappa shape index (κ3) is 2.64. The van der Waals surface area contributed by atoms with Crippen molar-refractivity contribution in [2.24, 2.45) is 5.92 Å². The molecule has 1 aromatic carbocycles. The van der Waals surface area contributed by atoms with Crippen LogP contribution in [0.4, 0.5) is 5.69 Å². The van der Waals surface area contributed by atoms with E-state index in [9.17, 15) is 0 Å². The van der Waals surface area contributed by atoms with E-state index in [0.29, 0.717) is 0 Å². The van der Waals surface area contributed by atoms with E-state index < -0.39 is 0 Å². The third-order valence-corrected chi connectivity index (χ3v) is 4.70. The molecule has 2 atom stereocenters. The number of aryl methyl sites for hydroxylation is 1. The topological polar surface area (TPSA) is 15.3 Å². The Bertz CT molecular complexity index is 441. The first-order chi connectivity index (χ1) is 9.28. The Labute approximate surface area is 117 Å². The molecule has 1 N–H and O–H groups in total. The molecule has 1 saturated heterocycles. The Morgan fingerprint density at radius 1 is 1.32 bits per heavy atom. The molecule has 1 saturated carbocycles. The van der Waals surface area contributed by atoms with Crippen LogP contribution in [0.25, 0.3) is 0 Å². The maximum absolute atomic E-state index is 3.56. The molecule has 2 fully saturated rings. The van der Waals surface area contributed by atoms with Gasteiger partial charge in [0.1, 0.15) is 0 Å². The summed E-state index contributed by atoms with van der Waals surface area (Å²) in [5.41, 5.74) is 4.35. The predicted molar refractivity (Wildman–Crippen MR) is 81.7 cm³/mol. The van der Waals surface area contributed by atoms with E-state index >= 15 is 0 Å². The highest BCUT2D eigenvalue weighted by atomic mass is 15.2. The first kappa shape index (κ1) is 13.0. The standard InChI is InChI=1S/C17H26N2/c1-3-8-18-11-15-9-13(2)4-7-17(15)19-12-14-5-6-16(19)10-14/h4,7,9,14,16,18H,3,5-6,8,10-12H2,1-2H3. The predicted octanol–water partition coefficient (Wildman–Crippen LogP) is 3.48. The van der Waals surface area contributed by atoms with Gasteiger partial charge in [0.2, 0.25) is 0 Å². The van der Waals surface area contributed by atoms with Crippen molar-refractivity contribution in [1.82, 2.24) is 5.32 Å². The van der Waals surface area contributed by atoms with Crippen LogP contribution in [-0.2, 0) is 6.54 Å². The summed E-state index contributed by atoms with van der Waals surface area (Å²) in [6.07, 6.45) is 5.49. The van der Waals surface area contributed by atoms with Gasteiger partial charge >= 0.3 is 0 Å². The highest BCUT2D eigenvalue weighted by Gasteiger charge is 2.38. The van der Waals surface area contributed by atoms with Crippen molar-refractivity contribution in [3.63, 3.8) is 0 Å². The van der Waals surface area contributed by atoms with Crippen molar-refractivity contribution in [2.75, 3.05) is 18.0 Å². The van der Waals surface area contributed by atoms with Crippen molar-refractivity contribution in [2.45, 2.75) is 52.1 Å². The van der Waals surface area contributed by atoms with Gasteiger partial charge < -0.3 is 10.2 Å². The molecule has 1 aromatic rings. The summed E-state index contributed by atoms with van der Waals surface area (Å²) in [6.45, 7) is 7.83. The lowest BCUT2D eigenvalue weighted by molar-refractivity contribution is 0.551. The first-order valence-corrected chi connectivity index (χ1v) is 7.85. The maximum atomic E-state index is 3.56. The van der Waals surface area contributed by atoms with Gasteiger partial charge in [-0.15, -0.1) is 0 Å². The zero-order valence-corrected chi connectivity index (χ0v) is 12.3. The monoisotopic (exact) mass is 258 g/mol. The Morgan fingerprint density at radius 2 is 2.21 bits per heavy atom. The molecule has 2 aliphatic rings. The minimum Gasteiger partial charge on any atom is -0.368 e. The van der Waals surface area contributed by atoms with Crippen LogP contribution in [0.3, 0.4) is 0 Å². The second kappa shape index (κ2) is 5.54. The maximum Gasteiger partial charge on any atom is 0.0414 e. The number of hydrogen-bond acceptors (Lipinski definition) is 2. The molecule has 2 bridgehead atoms. The summed E-state index contributed by atoms with van der Waals surface area (Å²) >= 11 is 0. The summed E-state index contributed by atoms with van der Waals surface area (Å²) in [5, 5.41) is 3.56. The van der Waals surface area contributed by atoms with E-state index in [-0.39, 0.29) is 0 Å². The van der Waals surface area contributed by atoms with Crippen LogP contribution >= 0.6 is 0 Å². The summed E-state index contributed by atoms with van der Waals surface area (Å²) < 4.78 is 0. The van der Waals surface area contributed by atoms with E-state index in [1.807, 2.05) is 0 Å². The van der Waals surface area contributed by atoms with Crippen molar-refractivity contribution in [3.05, 3.63) is 29.3 Å². The fourth-order valence-corrected chi connectivity index (χ4v) is 3.76. The average Bonchev–Trinajstić information content (AvgIpc) is 3.01. The van der Waals surface area contributed by atoms with Gasteiger partial charge in [-0.2, -0.15) is 0 Å². The molecule has 0 spiro atoms. The van der Waals surface area contributed by atoms with E-state index in [2.05, 4.69) is 42.3 Å². The molecule has 0 radical (unpaired) electrons. The van der Waals surface area contributed by atoms with Crippen LogP contribution in [0.2, 0.25) is 0 Å². The van der Waals surface area contributed by atoms with Crippen LogP contribution in [0.15, 0.2) is 18.2 Å². The number of rotatable bonds is 5. The van der Waals surface area contributed by atoms with Crippen LogP contribution in [0, 0.1) is 12.8 Å². The van der Waals surface area contributed by atoms with Gasteiger partial charge in [-0.3, -0.25) is 0 Å². The van der Waals surface area contributed by atoms with Crippen molar-refractivity contribution in [1.29, 1.82) is 0 Å². The molecule has 104 valence electrons. The van der Waals surface area contributed by atoms with E-state index in [1.54, 1.807) is 0 Å². The van der Waals surface area contributed by atoms with E-state index in [4.69, 9.17) is 0 Å². The lowest BCUT2D eigenvalue weighted by atomic mass is 10.0. The average molecular weight is 258 g/mol. The number of benzene rings is 1. The van der Waals surface area contributed by atoms with Gasteiger partial charge in [-0.05, 0) is 56.7 Å². The number of fused-ring (bicyclic) bond motifs is 2. The molecule has 3 rings (SSSR count). The van der Waals surface area contributed by atoms with E-state index in [1.165, 1.54) is 49.0 Å². The molecule has 1 heterocycles. The molecular weight excluding hydrogens is 232 g/mol. The van der Waals surface area contributed by atoms with Crippen LogP contribution in [-0.4, -0.2) is 19.1 Å². The molecule has 19 heavy (non-hydrogen) atoms. The minimum absolute atomic E-state index is 0.817. The zero-order valence-electron chi connectivity index (χ0n) is 12.3. The summed E-state index contributed by atoms with van der Waals surface area (Å²) in [4.78, 5) is 2.68. The van der Waals surface area contributed by atoms with E-state index in [0.717, 1.165) is 25.0 Å². The second-order valence-electron chi connectivity index (χ2n) is 6.29. The normalized spacial score (nSPS) is 25.3. The summed E-state index contributed by atoms with van der Waals surface area (Å²) in [5.74, 6) is 0.961. The number of nitrogens with one attached hydrogen (secondary N) is 1. The van der Waals surface area contributed by atoms with Crippen molar-refractivity contribution in [3.8, 4) is 0 Å². The molecule has 2 nitrogen and oxygen atoms in total. The van der Waals surface area contributed by atoms with Crippen LogP contribution in [0.1, 0.15) is 43.7 Å². The van der Waals surface area contributed by atoms with Gasteiger partial charge in [0.25, 0.3) is 0 Å². The third-order valence-electron chi connectivity index (χ3n) is 4.70. The first-order valence-electron chi connectivity index (χ1n) is 7.85. The molecule has 2 heteroatoms. The fraction of sp³-hybridized carbons (Fsp3) is 0.647. The molecule has 0 aromatic heterocycles. The van der Waals surface area contributed by atoms with Gasteiger partial charge in [-0.25, -0.2) is 0 Å². The number of hydrogen-bond donors (Lipinski definition) is 1. The second-order valence-corrected chi connectivity index (χ2v) is 6.29. The zero-order chi connectivity index (χ0) is 13.2. The molecule has 0 amide bonds. The highest BCUT2D eigenvalue weighted by molar-refractivity contribution is 5.57. The van der Waals surface area contributed by atoms with Crippen molar-refractivity contribution < 1.29 is 0 Å². The summed E-state index contributed by atoms with van der Waals surface area (Å²) in [7, 11) is 0. The van der Waals surface area contributed by atoms with Gasteiger partial charge in [0.15, 0.2) is 0 Å². The smallest absolute Gasteiger partial charge is 0.0414 e. The molecule has 2 unspecified atom stereocenters. The number of nitrogens with zero attached hydrogens (tertiary/aromatic N) is 1. The largest absolute Gasteiger partial charge is 0.368 e. The fourth-order valence-electron chi connectivity index (χ4n) is 3.76. The lowest BCUT2D eigenvalue weighted by Gasteiger charge is -2.31. The number of anilines is 1. The van der Waals surface area contributed by atoms with Crippen molar-refractivity contribution >= 4 is 5.69 Å². The highest BCUT2D eigenvalue weighted by Crippen LogP contribution is 2.41. The SMILES string of the molecule is CCCNCc1cc(C)ccc1N1CC2CCC1C2. The Hall–Kier alpha value is -1.02. The molecule has 1 aliphatic heterocycles. The Kier molecular flexibility index (Phi) is 3.79. The van der Waals surface area contributed by atoms with Gasteiger partial charge in [0.05, 0.1) is 0 Å². The Balaban J connectivity index is 1.79. The molecule has 1 aliphatic carbocycles.